The van der Waals surface area contributed by atoms with E-state index in [1.807, 2.05) is 12.1 Å². The van der Waals surface area contributed by atoms with Crippen LogP contribution in [0, 0.1) is 0 Å². The van der Waals surface area contributed by atoms with Crippen molar-refractivity contribution in [3.63, 3.8) is 0 Å². The summed E-state index contributed by atoms with van der Waals surface area (Å²) < 4.78 is 1.70. The van der Waals surface area contributed by atoms with Gasteiger partial charge < -0.3 is 4.90 Å². The minimum absolute atomic E-state index is 0.770. The van der Waals surface area contributed by atoms with Gasteiger partial charge in [-0.3, -0.25) is 0 Å². The maximum absolute atomic E-state index is 4.53. The average molecular weight is 237 g/mol. The highest BCUT2D eigenvalue weighted by molar-refractivity contribution is 5.67. The molecule has 0 unspecified atom stereocenters. The number of nitrogens with zero attached hydrogens (tertiary/aromatic N) is 5. The Kier molecular flexibility index (Phi) is 1.88. The molecule has 5 nitrogen and oxygen atoms in total. The van der Waals surface area contributed by atoms with Gasteiger partial charge in [-0.15, -0.1) is 15.3 Å². The van der Waals surface area contributed by atoms with Crippen LogP contribution in [0.1, 0.15) is 5.56 Å². The lowest BCUT2D eigenvalue weighted by atomic mass is 10.2. The average Bonchev–Trinajstić information content (AvgIpc) is 3.04. The summed E-state index contributed by atoms with van der Waals surface area (Å²) in [7, 11) is 0. The van der Waals surface area contributed by atoms with Gasteiger partial charge in [-0.2, -0.15) is 4.52 Å². The second-order valence-corrected chi connectivity index (χ2v) is 4.36. The zero-order valence-electron chi connectivity index (χ0n) is 9.69. The Bertz CT molecular complexity index is 718. The van der Waals surface area contributed by atoms with E-state index in [0.29, 0.717) is 0 Å². The Hall–Kier alpha value is -2.43. The third kappa shape index (κ3) is 1.30. The quantitative estimate of drug-likeness (QED) is 0.647. The highest BCUT2D eigenvalue weighted by Gasteiger charge is 2.20. The number of hydrogen-bond donors (Lipinski definition) is 0. The number of benzene rings is 1. The summed E-state index contributed by atoms with van der Waals surface area (Å²) in [5.41, 5.74) is 3.40. The van der Waals surface area contributed by atoms with E-state index in [9.17, 15) is 0 Å². The molecule has 0 radical (unpaired) electrons. The van der Waals surface area contributed by atoms with Crippen LogP contribution in [0.25, 0.3) is 5.65 Å². The first-order chi connectivity index (χ1) is 8.92. The second-order valence-electron chi connectivity index (χ2n) is 4.36. The van der Waals surface area contributed by atoms with Crippen molar-refractivity contribution in [3.8, 4) is 0 Å². The van der Waals surface area contributed by atoms with Crippen molar-refractivity contribution in [1.82, 2.24) is 19.8 Å². The van der Waals surface area contributed by atoms with Gasteiger partial charge in [0.25, 0.3) is 0 Å². The number of fused-ring (bicyclic) bond motifs is 2. The molecule has 0 aliphatic carbocycles. The molecule has 0 amide bonds. The maximum atomic E-state index is 4.53. The van der Waals surface area contributed by atoms with Crippen LogP contribution in [-0.4, -0.2) is 26.4 Å². The predicted octanol–water partition coefficient (Wildman–Crippen LogP) is 1.82. The molecule has 0 saturated heterocycles. The molecule has 0 N–H and O–H groups in total. The van der Waals surface area contributed by atoms with Crippen molar-refractivity contribution in [3.05, 3.63) is 48.3 Å². The monoisotopic (exact) mass is 237 g/mol. The van der Waals surface area contributed by atoms with Gasteiger partial charge in [-0.1, -0.05) is 18.2 Å². The Balaban J connectivity index is 1.84. The van der Waals surface area contributed by atoms with Gasteiger partial charge >= 0.3 is 0 Å². The van der Waals surface area contributed by atoms with E-state index in [1.165, 1.54) is 11.3 Å². The van der Waals surface area contributed by atoms with Crippen molar-refractivity contribution in [2.24, 2.45) is 0 Å². The van der Waals surface area contributed by atoms with Crippen LogP contribution >= 0.6 is 0 Å². The Morgan fingerprint density at radius 1 is 1.06 bits per heavy atom. The van der Waals surface area contributed by atoms with Crippen LogP contribution in [-0.2, 0) is 6.42 Å². The highest BCUT2D eigenvalue weighted by atomic mass is 15.4. The zero-order valence-corrected chi connectivity index (χ0v) is 9.69. The van der Waals surface area contributed by atoms with Gasteiger partial charge in [0, 0.05) is 12.2 Å². The summed E-state index contributed by atoms with van der Waals surface area (Å²) in [6.07, 6.45) is 2.69. The van der Waals surface area contributed by atoms with Gasteiger partial charge in [0.1, 0.15) is 6.33 Å². The van der Waals surface area contributed by atoms with Crippen LogP contribution in [0.5, 0.6) is 0 Å². The lowest BCUT2D eigenvalue weighted by Gasteiger charge is -2.17. The fourth-order valence-corrected chi connectivity index (χ4v) is 2.44. The Morgan fingerprint density at radius 3 is 3.00 bits per heavy atom. The summed E-state index contributed by atoms with van der Waals surface area (Å²) in [5.74, 6) is 0.937. The molecule has 4 rings (SSSR count). The Morgan fingerprint density at radius 2 is 2.00 bits per heavy atom. The van der Waals surface area contributed by atoms with E-state index in [2.05, 4.69) is 44.5 Å². The van der Waals surface area contributed by atoms with E-state index in [0.717, 1.165) is 24.4 Å². The van der Waals surface area contributed by atoms with E-state index in [4.69, 9.17) is 0 Å². The van der Waals surface area contributed by atoms with Crippen LogP contribution in [0.2, 0.25) is 0 Å². The standard InChI is InChI=1S/C13H11N5/c1-2-4-11-10(3-1)7-8-17(11)13-6-5-12-15-14-9-18(12)16-13/h1-6,9H,7-8H2. The Labute approximate surface area is 104 Å². The predicted molar refractivity (Wildman–Crippen MR) is 67.9 cm³/mol. The lowest BCUT2D eigenvalue weighted by Crippen LogP contribution is -2.15. The summed E-state index contributed by atoms with van der Waals surface area (Å²) in [5, 5.41) is 12.3. The van der Waals surface area contributed by atoms with Gasteiger partial charge in [0.2, 0.25) is 0 Å². The summed E-state index contributed by atoms with van der Waals surface area (Å²) in [6.45, 7) is 0.972. The molecule has 0 bridgehead atoms. The van der Waals surface area contributed by atoms with Crippen molar-refractivity contribution in [2.45, 2.75) is 6.42 Å². The zero-order chi connectivity index (χ0) is 11.9. The molecule has 1 aromatic carbocycles. The molecular formula is C13H11N5. The lowest BCUT2D eigenvalue weighted by molar-refractivity contribution is 0.881. The first-order valence-corrected chi connectivity index (χ1v) is 5.94. The van der Waals surface area contributed by atoms with Crippen molar-refractivity contribution >= 4 is 17.2 Å². The number of para-hydroxylation sites is 1. The minimum Gasteiger partial charge on any atom is -0.324 e. The van der Waals surface area contributed by atoms with Gasteiger partial charge in [0.15, 0.2) is 11.5 Å². The summed E-state index contributed by atoms with van der Waals surface area (Å²) in [6, 6.07) is 12.4. The van der Waals surface area contributed by atoms with Gasteiger partial charge in [0.05, 0.1) is 0 Å². The van der Waals surface area contributed by atoms with Crippen LogP contribution in [0.15, 0.2) is 42.7 Å². The molecule has 1 aliphatic heterocycles. The number of anilines is 2. The molecule has 1 aliphatic rings. The summed E-state index contributed by atoms with van der Waals surface area (Å²) in [4.78, 5) is 2.23. The van der Waals surface area contributed by atoms with Gasteiger partial charge in [-0.05, 0) is 30.2 Å². The number of aromatic nitrogens is 4. The SMILES string of the molecule is c1ccc2c(c1)CCN2c1ccc2nncn2n1. The molecule has 0 saturated carbocycles. The molecule has 0 fully saturated rings. The van der Waals surface area contributed by atoms with Crippen LogP contribution in [0.4, 0.5) is 11.5 Å². The van der Waals surface area contributed by atoms with Gasteiger partial charge in [-0.25, -0.2) is 0 Å². The third-order valence-corrected chi connectivity index (χ3v) is 3.31. The second kappa shape index (κ2) is 3.53. The first kappa shape index (κ1) is 9.58. The molecule has 88 valence electrons. The third-order valence-electron chi connectivity index (χ3n) is 3.31. The molecule has 18 heavy (non-hydrogen) atoms. The number of hydrogen-bond acceptors (Lipinski definition) is 4. The molecule has 0 atom stereocenters. The molecule has 3 heterocycles. The smallest absolute Gasteiger partial charge is 0.177 e. The van der Waals surface area contributed by atoms with E-state index in [1.54, 1.807) is 10.8 Å². The molecule has 5 heteroatoms. The fraction of sp³-hybridized carbons (Fsp3) is 0.154. The molecule has 0 spiro atoms. The van der Waals surface area contributed by atoms with E-state index in [-0.39, 0.29) is 0 Å². The largest absolute Gasteiger partial charge is 0.324 e. The molecule has 2 aromatic heterocycles. The van der Waals surface area contributed by atoms with Crippen molar-refractivity contribution < 1.29 is 0 Å². The van der Waals surface area contributed by atoms with E-state index >= 15 is 0 Å². The molecule has 3 aromatic rings. The van der Waals surface area contributed by atoms with Crippen molar-refractivity contribution in [2.75, 3.05) is 11.4 Å². The highest BCUT2D eigenvalue weighted by Crippen LogP contribution is 2.32. The first-order valence-electron chi connectivity index (χ1n) is 5.94. The van der Waals surface area contributed by atoms with Crippen molar-refractivity contribution in [1.29, 1.82) is 0 Å². The molecular weight excluding hydrogens is 226 g/mol. The number of rotatable bonds is 1. The summed E-state index contributed by atoms with van der Waals surface area (Å²) >= 11 is 0. The minimum atomic E-state index is 0.770. The maximum Gasteiger partial charge on any atom is 0.177 e. The topological polar surface area (TPSA) is 46.3 Å². The fourth-order valence-electron chi connectivity index (χ4n) is 2.44. The normalized spacial score (nSPS) is 14.1. The van der Waals surface area contributed by atoms with Crippen LogP contribution < -0.4 is 4.90 Å². The van der Waals surface area contributed by atoms with E-state index < -0.39 is 0 Å². The van der Waals surface area contributed by atoms with Crippen LogP contribution in [0.3, 0.4) is 0 Å².